The third-order valence-corrected chi connectivity index (χ3v) is 5.42. The molecule has 1 fully saturated rings. The number of hydrogen-bond acceptors (Lipinski definition) is 6. The van der Waals surface area contributed by atoms with Crippen molar-refractivity contribution in [2.75, 3.05) is 13.2 Å². The molecule has 0 amide bonds. The molecule has 0 bridgehead atoms. The molecule has 1 saturated heterocycles. The summed E-state index contributed by atoms with van der Waals surface area (Å²) in [6.45, 7) is 7.81. The quantitative estimate of drug-likeness (QED) is 0.431. The van der Waals surface area contributed by atoms with Crippen LogP contribution in [0.5, 0.6) is 11.5 Å². The van der Waals surface area contributed by atoms with Gasteiger partial charge in [-0.3, -0.25) is 9.59 Å². The number of rotatable bonds is 7. The Hall–Kier alpha value is -3.48. The summed E-state index contributed by atoms with van der Waals surface area (Å²) < 4.78 is 22.4. The molecule has 1 aromatic heterocycles. The highest BCUT2D eigenvalue weighted by atomic mass is 16.7. The second-order valence-electron chi connectivity index (χ2n) is 8.06. The molecule has 4 rings (SSSR count). The number of fused-ring (bicyclic) bond motifs is 1. The summed E-state index contributed by atoms with van der Waals surface area (Å²) in [6, 6.07) is 13.2. The molecule has 168 valence electrons. The predicted octanol–water partition coefficient (Wildman–Crippen LogP) is 4.55. The zero-order valence-electron chi connectivity index (χ0n) is 18.6. The Morgan fingerprint density at radius 2 is 1.62 bits per heavy atom. The van der Waals surface area contributed by atoms with Crippen LogP contribution in [0.25, 0.3) is 10.9 Å². The Morgan fingerprint density at radius 3 is 2.31 bits per heavy atom. The van der Waals surface area contributed by atoms with Gasteiger partial charge in [0, 0.05) is 36.9 Å². The lowest BCUT2D eigenvalue weighted by molar-refractivity contribution is -0.240. The number of carbonyl (C=O) groups is 2. The monoisotopic (exact) mass is 437 g/mol. The molecule has 1 aliphatic rings. The smallest absolute Gasteiger partial charge is 0.324 e. The van der Waals surface area contributed by atoms with E-state index in [0.29, 0.717) is 24.7 Å². The molecule has 0 saturated carbocycles. The van der Waals surface area contributed by atoms with Gasteiger partial charge in [0.25, 0.3) is 5.79 Å². The van der Waals surface area contributed by atoms with Crippen LogP contribution in [0.1, 0.15) is 44.7 Å². The van der Waals surface area contributed by atoms with Crippen molar-refractivity contribution in [1.29, 1.82) is 0 Å². The van der Waals surface area contributed by atoms with E-state index in [1.165, 1.54) is 0 Å². The van der Waals surface area contributed by atoms with E-state index < -0.39 is 29.6 Å². The normalized spacial score (nSPS) is 17.0. The van der Waals surface area contributed by atoms with Crippen LogP contribution >= 0.6 is 0 Å². The van der Waals surface area contributed by atoms with Crippen LogP contribution in [0.2, 0.25) is 0 Å². The van der Waals surface area contributed by atoms with E-state index in [1.54, 1.807) is 19.9 Å². The Kier molecular flexibility index (Phi) is 5.82. The van der Waals surface area contributed by atoms with Gasteiger partial charge in [0.2, 0.25) is 0 Å². The average molecular weight is 437 g/mol. The SMILES string of the molecule is CCOc1ccc([C@H](c2c[nH]c3ccccc23)C2C(=O)OC(C)(C)OC2=O)cc1OCC. The number of carbonyl (C=O) groups excluding carboxylic acids is 2. The topological polar surface area (TPSA) is 86.9 Å². The molecule has 7 heteroatoms. The molecule has 0 aliphatic carbocycles. The van der Waals surface area contributed by atoms with Gasteiger partial charge in [0.15, 0.2) is 17.4 Å². The number of aromatic amines is 1. The summed E-state index contributed by atoms with van der Waals surface area (Å²) >= 11 is 0. The number of esters is 2. The molecule has 0 unspecified atom stereocenters. The first-order valence-electron chi connectivity index (χ1n) is 10.8. The van der Waals surface area contributed by atoms with Crippen molar-refractivity contribution in [2.45, 2.75) is 39.4 Å². The summed E-state index contributed by atoms with van der Waals surface area (Å²) in [6.07, 6.45) is 1.83. The molecule has 1 N–H and O–H groups in total. The Morgan fingerprint density at radius 1 is 0.969 bits per heavy atom. The highest BCUT2D eigenvalue weighted by Crippen LogP contribution is 2.43. The summed E-state index contributed by atoms with van der Waals surface area (Å²) in [7, 11) is 0. The Bertz CT molecular complexity index is 1130. The maximum absolute atomic E-state index is 13.1. The number of aromatic nitrogens is 1. The predicted molar refractivity (Wildman–Crippen MR) is 119 cm³/mol. The molecular formula is C25H27NO6. The molecule has 1 aliphatic heterocycles. The number of cyclic esters (lactones) is 2. The number of nitrogens with one attached hydrogen (secondary N) is 1. The highest BCUT2D eigenvalue weighted by molar-refractivity contribution is 5.99. The standard InChI is InChI=1S/C25H27NO6/c1-5-29-19-12-11-15(13-20(19)30-6-2)21(17-14-26-18-10-8-7-9-16(17)18)22-23(27)31-25(3,4)32-24(22)28/h7-14,21-22,26H,5-6H2,1-4H3/t21-/m1/s1. The lowest BCUT2D eigenvalue weighted by atomic mass is 9.80. The molecule has 7 nitrogen and oxygen atoms in total. The molecule has 2 heterocycles. The fraction of sp³-hybridized carbons (Fsp3) is 0.360. The van der Waals surface area contributed by atoms with E-state index in [1.807, 2.05) is 56.4 Å². The first-order chi connectivity index (χ1) is 15.3. The van der Waals surface area contributed by atoms with Crippen LogP contribution in [0.15, 0.2) is 48.7 Å². The van der Waals surface area contributed by atoms with Gasteiger partial charge in [-0.25, -0.2) is 0 Å². The molecule has 3 aromatic rings. The van der Waals surface area contributed by atoms with Gasteiger partial charge >= 0.3 is 11.9 Å². The van der Waals surface area contributed by atoms with Gasteiger partial charge in [-0.2, -0.15) is 0 Å². The van der Waals surface area contributed by atoms with Gasteiger partial charge in [0.05, 0.1) is 13.2 Å². The molecule has 32 heavy (non-hydrogen) atoms. The largest absolute Gasteiger partial charge is 0.490 e. The molecular weight excluding hydrogens is 410 g/mol. The zero-order valence-corrected chi connectivity index (χ0v) is 18.6. The zero-order chi connectivity index (χ0) is 22.9. The molecule has 2 aromatic carbocycles. The summed E-state index contributed by atoms with van der Waals surface area (Å²) in [5.74, 6) is -3.18. The van der Waals surface area contributed by atoms with E-state index >= 15 is 0 Å². The van der Waals surface area contributed by atoms with E-state index in [9.17, 15) is 9.59 Å². The van der Waals surface area contributed by atoms with Gasteiger partial charge in [-0.05, 0) is 43.2 Å². The van der Waals surface area contributed by atoms with Crippen molar-refractivity contribution >= 4 is 22.8 Å². The number of para-hydroxylation sites is 1. The maximum atomic E-state index is 13.1. The number of hydrogen-bond donors (Lipinski definition) is 1. The molecule has 1 atom stereocenters. The van der Waals surface area contributed by atoms with Gasteiger partial charge in [-0.1, -0.05) is 24.3 Å². The third-order valence-electron chi connectivity index (χ3n) is 5.42. The maximum Gasteiger partial charge on any atom is 0.324 e. The fourth-order valence-corrected chi connectivity index (χ4v) is 4.16. The van der Waals surface area contributed by atoms with Crippen molar-refractivity contribution in [1.82, 2.24) is 4.98 Å². The second kappa shape index (κ2) is 8.57. The Labute approximate surface area is 186 Å². The molecule has 0 radical (unpaired) electrons. The minimum absolute atomic E-state index is 0.447. The van der Waals surface area contributed by atoms with Crippen molar-refractivity contribution in [2.24, 2.45) is 5.92 Å². The lowest BCUT2D eigenvalue weighted by Crippen LogP contribution is -2.48. The van der Waals surface area contributed by atoms with Crippen LogP contribution in [-0.4, -0.2) is 35.9 Å². The minimum Gasteiger partial charge on any atom is -0.490 e. The van der Waals surface area contributed by atoms with Gasteiger partial charge in [0.1, 0.15) is 0 Å². The van der Waals surface area contributed by atoms with Crippen LogP contribution in [0.3, 0.4) is 0 Å². The van der Waals surface area contributed by atoms with E-state index in [0.717, 1.165) is 22.0 Å². The van der Waals surface area contributed by atoms with Crippen molar-refractivity contribution in [3.63, 3.8) is 0 Å². The highest BCUT2D eigenvalue weighted by Gasteiger charge is 2.48. The minimum atomic E-state index is -1.30. The van der Waals surface area contributed by atoms with Crippen LogP contribution in [0.4, 0.5) is 0 Å². The summed E-state index contributed by atoms with van der Waals surface area (Å²) in [5, 5.41) is 0.912. The average Bonchev–Trinajstić information content (AvgIpc) is 3.15. The molecule has 0 spiro atoms. The van der Waals surface area contributed by atoms with Crippen molar-refractivity contribution in [3.8, 4) is 11.5 Å². The number of ether oxygens (including phenoxy) is 4. The second-order valence-corrected chi connectivity index (χ2v) is 8.06. The van der Waals surface area contributed by atoms with Gasteiger partial charge < -0.3 is 23.9 Å². The van der Waals surface area contributed by atoms with E-state index in [2.05, 4.69) is 4.98 Å². The third kappa shape index (κ3) is 4.02. The van der Waals surface area contributed by atoms with Gasteiger partial charge in [-0.15, -0.1) is 0 Å². The van der Waals surface area contributed by atoms with E-state index in [4.69, 9.17) is 18.9 Å². The van der Waals surface area contributed by atoms with Crippen LogP contribution in [-0.2, 0) is 19.1 Å². The summed E-state index contributed by atoms with van der Waals surface area (Å²) in [4.78, 5) is 29.3. The first kappa shape index (κ1) is 21.7. The first-order valence-corrected chi connectivity index (χ1v) is 10.8. The Balaban J connectivity index is 1.88. The van der Waals surface area contributed by atoms with E-state index in [-0.39, 0.29) is 0 Å². The van der Waals surface area contributed by atoms with Crippen LogP contribution in [0, 0.1) is 5.92 Å². The van der Waals surface area contributed by atoms with Crippen LogP contribution < -0.4 is 9.47 Å². The number of benzene rings is 2. The number of H-pyrrole nitrogens is 1. The van der Waals surface area contributed by atoms with Crippen molar-refractivity contribution < 1.29 is 28.5 Å². The van der Waals surface area contributed by atoms with Crippen molar-refractivity contribution in [3.05, 3.63) is 59.8 Å². The lowest BCUT2D eigenvalue weighted by Gasteiger charge is -2.36. The summed E-state index contributed by atoms with van der Waals surface area (Å²) in [5.41, 5.74) is 2.42. The fourth-order valence-electron chi connectivity index (χ4n) is 4.16.